The molecule has 3 aromatic rings. The molecule has 1 aromatic carbocycles. The topological polar surface area (TPSA) is 105 Å². The number of ether oxygens (including phenoxy) is 2. The largest absolute Gasteiger partial charge is 0.494 e. The number of carbonyl (C=O) groups excluding carboxylic acids is 1. The third-order valence-electron chi connectivity index (χ3n) is 5.48. The van der Waals surface area contributed by atoms with Crippen LogP contribution >= 0.6 is 0 Å². The van der Waals surface area contributed by atoms with Crippen molar-refractivity contribution in [2.24, 2.45) is 0 Å². The molecule has 162 valence electrons. The fourth-order valence-electron chi connectivity index (χ4n) is 3.97. The van der Waals surface area contributed by atoms with Crippen LogP contribution in [0.5, 0.6) is 11.5 Å². The molecule has 4 rings (SSSR count). The number of hydrogen-bond acceptors (Lipinski definition) is 5. The molecule has 3 N–H and O–H groups in total. The molecule has 1 amide bonds. The third kappa shape index (κ3) is 3.54. The van der Waals surface area contributed by atoms with Crippen LogP contribution in [0, 0.1) is 11.6 Å². The van der Waals surface area contributed by atoms with Gasteiger partial charge < -0.3 is 14.8 Å². The average molecular weight is 429 g/mol. The van der Waals surface area contributed by atoms with Crippen LogP contribution in [0.4, 0.5) is 14.5 Å². The number of carbonyl (C=O) groups is 1. The first-order valence-electron chi connectivity index (χ1n) is 9.61. The van der Waals surface area contributed by atoms with Crippen molar-refractivity contribution < 1.29 is 23.0 Å². The lowest BCUT2D eigenvalue weighted by Gasteiger charge is -2.24. The number of aromatic amines is 2. The molecule has 2 heterocycles. The standard InChI is InChI=1S/C21H21F2N5O3/c1-4-16(29)25-13-9-24-27-21(13)20-11-6-5-10(7-12(11)26-28-20)17-18(22)14(30-2)8-15(31-3)19(17)23/h4,8-10H,1,5-7H2,2-3H3,(H,24,27)(H,25,29)(H,26,28). The van der Waals surface area contributed by atoms with Crippen LogP contribution in [0.15, 0.2) is 24.9 Å². The monoisotopic (exact) mass is 429 g/mol. The van der Waals surface area contributed by atoms with Crippen molar-refractivity contribution in [1.29, 1.82) is 0 Å². The minimum atomic E-state index is -0.725. The highest BCUT2D eigenvalue weighted by atomic mass is 19.1. The zero-order valence-corrected chi connectivity index (χ0v) is 17.0. The molecule has 0 spiro atoms. The molecule has 2 aromatic heterocycles. The maximum absolute atomic E-state index is 14.9. The Bertz CT molecular complexity index is 1130. The lowest BCUT2D eigenvalue weighted by molar-refractivity contribution is -0.111. The quantitative estimate of drug-likeness (QED) is 0.521. The van der Waals surface area contributed by atoms with Crippen LogP contribution in [-0.2, 0) is 17.6 Å². The van der Waals surface area contributed by atoms with E-state index in [-0.39, 0.29) is 23.0 Å². The highest BCUT2D eigenvalue weighted by Gasteiger charge is 2.32. The molecule has 8 nitrogen and oxygen atoms in total. The van der Waals surface area contributed by atoms with E-state index in [4.69, 9.17) is 9.47 Å². The first-order valence-corrected chi connectivity index (χ1v) is 9.61. The van der Waals surface area contributed by atoms with Gasteiger partial charge in [-0.25, -0.2) is 8.78 Å². The number of aromatic nitrogens is 4. The fraction of sp³-hybridized carbons (Fsp3) is 0.286. The lowest BCUT2D eigenvalue weighted by atomic mass is 9.81. The van der Waals surface area contributed by atoms with Crippen LogP contribution in [0.2, 0.25) is 0 Å². The molecular formula is C21H21F2N5O3. The zero-order chi connectivity index (χ0) is 22.1. The first kappa shape index (κ1) is 20.6. The van der Waals surface area contributed by atoms with Crippen molar-refractivity contribution in [3.63, 3.8) is 0 Å². The Balaban J connectivity index is 1.68. The second-order valence-electron chi connectivity index (χ2n) is 7.14. The summed E-state index contributed by atoms with van der Waals surface area (Å²) < 4.78 is 40.0. The molecule has 0 bridgehead atoms. The van der Waals surface area contributed by atoms with Crippen molar-refractivity contribution in [3.8, 4) is 22.9 Å². The van der Waals surface area contributed by atoms with Crippen LogP contribution in [0.25, 0.3) is 11.4 Å². The van der Waals surface area contributed by atoms with E-state index in [1.807, 2.05) is 0 Å². The maximum Gasteiger partial charge on any atom is 0.247 e. The number of benzene rings is 1. The summed E-state index contributed by atoms with van der Waals surface area (Å²) in [6.07, 6.45) is 4.02. The molecule has 1 aliphatic rings. The molecule has 0 radical (unpaired) electrons. The lowest BCUT2D eigenvalue weighted by Crippen LogP contribution is -2.16. The Morgan fingerprint density at radius 1 is 1.26 bits per heavy atom. The summed E-state index contributed by atoms with van der Waals surface area (Å²) in [5.74, 6) is -2.38. The Morgan fingerprint density at radius 2 is 1.97 bits per heavy atom. The number of methoxy groups -OCH3 is 2. The summed E-state index contributed by atoms with van der Waals surface area (Å²) in [5.41, 5.74) is 3.24. The fourth-order valence-corrected chi connectivity index (χ4v) is 3.97. The predicted octanol–water partition coefficient (Wildman–Crippen LogP) is 3.49. The van der Waals surface area contributed by atoms with Gasteiger partial charge >= 0.3 is 0 Å². The number of nitrogens with one attached hydrogen (secondary N) is 3. The number of H-pyrrole nitrogens is 2. The van der Waals surface area contributed by atoms with Gasteiger partial charge in [-0.3, -0.25) is 15.0 Å². The van der Waals surface area contributed by atoms with Crippen molar-refractivity contribution >= 4 is 11.6 Å². The molecule has 10 heteroatoms. The van der Waals surface area contributed by atoms with Crippen LogP contribution < -0.4 is 14.8 Å². The van der Waals surface area contributed by atoms with E-state index in [1.165, 1.54) is 26.5 Å². The average Bonchev–Trinajstić information content (AvgIpc) is 3.40. The molecular weight excluding hydrogens is 408 g/mol. The SMILES string of the molecule is C=CC(=O)Nc1cn[nH]c1-c1n[nH]c2c1CCC(c1c(F)c(OC)cc(OC)c1F)C2. The highest BCUT2D eigenvalue weighted by molar-refractivity contribution is 6.01. The number of nitrogens with zero attached hydrogens (tertiary/aromatic N) is 2. The van der Waals surface area contributed by atoms with Crippen LogP contribution in [0.3, 0.4) is 0 Å². The van der Waals surface area contributed by atoms with Gasteiger partial charge in [0.2, 0.25) is 5.91 Å². The van der Waals surface area contributed by atoms with E-state index in [0.717, 1.165) is 17.3 Å². The number of fused-ring (bicyclic) bond motifs is 1. The third-order valence-corrected chi connectivity index (χ3v) is 5.48. The molecule has 1 aliphatic carbocycles. The summed E-state index contributed by atoms with van der Waals surface area (Å²) in [4.78, 5) is 11.7. The van der Waals surface area contributed by atoms with Crippen molar-refractivity contribution in [2.45, 2.75) is 25.2 Å². The molecule has 0 saturated carbocycles. The molecule has 1 atom stereocenters. The van der Waals surface area contributed by atoms with Gasteiger partial charge in [0, 0.05) is 22.9 Å². The van der Waals surface area contributed by atoms with Gasteiger partial charge in [0.05, 0.1) is 26.1 Å². The van der Waals surface area contributed by atoms with Crippen molar-refractivity contribution in [2.75, 3.05) is 19.5 Å². The Hall–Kier alpha value is -3.69. The predicted molar refractivity (Wildman–Crippen MR) is 109 cm³/mol. The number of amides is 1. The molecule has 31 heavy (non-hydrogen) atoms. The molecule has 0 aliphatic heterocycles. The van der Waals surface area contributed by atoms with Gasteiger partial charge in [0.25, 0.3) is 0 Å². The van der Waals surface area contributed by atoms with E-state index in [1.54, 1.807) is 0 Å². The highest BCUT2D eigenvalue weighted by Crippen LogP contribution is 2.42. The Labute approximate surface area is 176 Å². The maximum atomic E-state index is 14.9. The second-order valence-corrected chi connectivity index (χ2v) is 7.14. The van der Waals surface area contributed by atoms with E-state index in [2.05, 4.69) is 32.3 Å². The first-order chi connectivity index (χ1) is 15.0. The minimum absolute atomic E-state index is 0.0570. The van der Waals surface area contributed by atoms with E-state index < -0.39 is 17.6 Å². The summed E-state index contributed by atoms with van der Waals surface area (Å²) in [5, 5.41) is 16.8. The molecule has 0 saturated heterocycles. The summed E-state index contributed by atoms with van der Waals surface area (Å²) in [6.45, 7) is 3.44. The Morgan fingerprint density at radius 3 is 2.61 bits per heavy atom. The minimum Gasteiger partial charge on any atom is -0.494 e. The Kier molecular flexibility index (Phi) is 5.45. The number of hydrogen-bond donors (Lipinski definition) is 3. The number of rotatable bonds is 6. The molecule has 0 fully saturated rings. The number of halogens is 2. The van der Waals surface area contributed by atoms with Gasteiger partial charge in [0.1, 0.15) is 11.4 Å². The van der Waals surface area contributed by atoms with Gasteiger partial charge in [0.15, 0.2) is 23.1 Å². The summed E-state index contributed by atoms with van der Waals surface area (Å²) in [7, 11) is 2.65. The van der Waals surface area contributed by atoms with Gasteiger partial charge in [-0.15, -0.1) is 0 Å². The van der Waals surface area contributed by atoms with Crippen molar-refractivity contribution in [3.05, 3.63) is 53.4 Å². The summed E-state index contributed by atoms with van der Waals surface area (Å²) in [6, 6.07) is 1.20. The van der Waals surface area contributed by atoms with Gasteiger partial charge in [-0.05, 0) is 31.3 Å². The van der Waals surface area contributed by atoms with Crippen LogP contribution in [-0.4, -0.2) is 40.5 Å². The van der Waals surface area contributed by atoms with E-state index >= 15 is 0 Å². The van der Waals surface area contributed by atoms with E-state index in [9.17, 15) is 13.6 Å². The van der Waals surface area contributed by atoms with Gasteiger partial charge in [-0.2, -0.15) is 10.2 Å². The number of anilines is 1. The summed E-state index contributed by atoms with van der Waals surface area (Å²) >= 11 is 0. The van der Waals surface area contributed by atoms with Crippen LogP contribution in [0.1, 0.15) is 29.2 Å². The molecule has 1 unspecified atom stereocenters. The zero-order valence-electron chi connectivity index (χ0n) is 17.0. The smallest absolute Gasteiger partial charge is 0.247 e. The van der Waals surface area contributed by atoms with Gasteiger partial charge in [-0.1, -0.05) is 6.58 Å². The van der Waals surface area contributed by atoms with E-state index in [0.29, 0.717) is 36.3 Å². The second kappa shape index (κ2) is 8.21. The van der Waals surface area contributed by atoms with Crippen molar-refractivity contribution in [1.82, 2.24) is 20.4 Å². The normalized spacial score (nSPS) is 15.3.